The van der Waals surface area contributed by atoms with Crippen LogP contribution in [-0.2, 0) is 16.6 Å². The first-order valence-electron chi connectivity index (χ1n) is 6.46. The number of halogens is 1. The minimum absolute atomic E-state index is 0.321. The lowest BCUT2D eigenvalue weighted by atomic mass is 10.1. The molecule has 0 saturated heterocycles. The van der Waals surface area contributed by atoms with Crippen molar-refractivity contribution in [2.75, 3.05) is 6.54 Å². The first-order valence-corrected chi connectivity index (χ1v) is 8.73. The van der Waals surface area contributed by atoms with Crippen molar-refractivity contribution in [3.63, 3.8) is 0 Å². The monoisotopic (exact) mass is 346 g/mol. The Bertz CT molecular complexity index is 568. The van der Waals surface area contributed by atoms with Gasteiger partial charge in [0.1, 0.15) is 0 Å². The van der Waals surface area contributed by atoms with Gasteiger partial charge in [0.2, 0.25) is 10.0 Å². The fourth-order valence-electron chi connectivity index (χ4n) is 1.92. The van der Waals surface area contributed by atoms with Crippen LogP contribution >= 0.6 is 15.9 Å². The minimum Gasteiger partial charge on any atom is -0.310 e. The summed E-state index contributed by atoms with van der Waals surface area (Å²) in [5.74, 6) is 0. The average molecular weight is 347 g/mol. The van der Waals surface area contributed by atoms with Crippen molar-refractivity contribution in [3.05, 3.63) is 27.7 Å². The van der Waals surface area contributed by atoms with Gasteiger partial charge in [-0.3, -0.25) is 0 Å². The maximum Gasteiger partial charge on any atom is 0.241 e. The van der Waals surface area contributed by atoms with E-state index in [1.165, 1.54) is 12.8 Å². The fourth-order valence-corrected chi connectivity index (χ4v) is 4.03. The maximum absolute atomic E-state index is 12.1. The van der Waals surface area contributed by atoms with Crippen LogP contribution in [0, 0.1) is 6.92 Å². The molecule has 2 N–H and O–H groups in total. The molecule has 19 heavy (non-hydrogen) atoms. The Morgan fingerprint density at radius 2 is 2.05 bits per heavy atom. The molecule has 0 heterocycles. The van der Waals surface area contributed by atoms with Crippen LogP contribution < -0.4 is 10.0 Å². The smallest absolute Gasteiger partial charge is 0.241 e. The first kappa shape index (κ1) is 15.0. The van der Waals surface area contributed by atoms with Crippen molar-refractivity contribution < 1.29 is 8.42 Å². The molecule has 0 radical (unpaired) electrons. The second kappa shape index (κ2) is 5.91. The van der Waals surface area contributed by atoms with Crippen LogP contribution in [-0.4, -0.2) is 21.0 Å². The number of aryl methyl sites for hydroxylation is 1. The summed E-state index contributed by atoms with van der Waals surface area (Å²) in [5.41, 5.74) is 1.94. The summed E-state index contributed by atoms with van der Waals surface area (Å²) in [6, 6.07) is 4.37. The maximum atomic E-state index is 12.1. The molecule has 1 aliphatic rings. The van der Waals surface area contributed by atoms with Gasteiger partial charge < -0.3 is 5.32 Å². The van der Waals surface area contributed by atoms with Crippen molar-refractivity contribution in [2.24, 2.45) is 0 Å². The zero-order valence-corrected chi connectivity index (χ0v) is 13.6. The van der Waals surface area contributed by atoms with Crippen LogP contribution in [0.5, 0.6) is 0 Å². The van der Waals surface area contributed by atoms with E-state index in [0.717, 1.165) is 11.1 Å². The molecule has 1 aromatic rings. The van der Waals surface area contributed by atoms with E-state index >= 15 is 0 Å². The SMILES string of the molecule is CCNS(=O)(=O)c1cc(CNC2CC2)cc(C)c1Br. The summed E-state index contributed by atoms with van der Waals surface area (Å²) < 4.78 is 27.5. The summed E-state index contributed by atoms with van der Waals surface area (Å²) in [4.78, 5) is 0.321. The Morgan fingerprint density at radius 3 is 2.63 bits per heavy atom. The van der Waals surface area contributed by atoms with Gasteiger partial charge in [-0.1, -0.05) is 13.0 Å². The second-order valence-electron chi connectivity index (χ2n) is 4.88. The predicted molar refractivity (Wildman–Crippen MR) is 79.6 cm³/mol. The zero-order chi connectivity index (χ0) is 14.0. The summed E-state index contributed by atoms with van der Waals surface area (Å²) >= 11 is 3.37. The molecule has 4 nitrogen and oxygen atoms in total. The fraction of sp³-hybridized carbons (Fsp3) is 0.538. The molecule has 0 amide bonds. The highest BCUT2D eigenvalue weighted by molar-refractivity contribution is 9.10. The van der Waals surface area contributed by atoms with Gasteiger partial charge in [0.25, 0.3) is 0 Å². The second-order valence-corrected chi connectivity index (χ2v) is 7.41. The number of rotatable bonds is 6. The third-order valence-electron chi connectivity index (χ3n) is 3.08. The van der Waals surface area contributed by atoms with Crippen molar-refractivity contribution in [3.8, 4) is 0 Å². The molecule has 0 unspecified atom stereocenters. The van der Waals surface area contributed by atoms with Crippen molar-refractivity contribution in [1.82, 2.24) is 10.0 Å². The molecule has 2 rings (SSSR count). The Morgan fingerprint density at radius 1 is 1.37 bits per heavy atom. The highest BCUT2D eigenvalue weighted by atomic mass is 79.9. The van der Waals surface area contributed by atoms with Crippen LogP contribution in [0.2, 0.25) is 0 Å². The van der Waals surface area contributed by atoms with E-state index < -0.39 is 10.0 Å². The molecule has 1 aliphatic carbocycles. The van der Waals surface area contributed by atoms with Gasteiger partial charge in [0.05, 0.1) is 4.90 Å². The Hall–Kier alpha value is -0.430. The Balaban J connectivity index is 2.30. The van der Waals surface area contributed by atoms with Crippen molar-refractivity contribution in [2.45, 2.75) is 44.2 Å². The molecule has 1 aromatic carbocycles. The Labute approximate surface area is 123 Å². The molecular weight excluding hydrogens is 328 g/mol. The van der Waals surface area contributed by atoms with E-state index in [9.17, 15) is 8.42 Å². The van der Waals surface area contributed by atoms with Gasteiger partial charge in [-0.2, -0.15) is 0 Å². The quantitative estimate of drug-likeness (QED) is 0.830. The molecular formula is C13H19BrN2O2S. The van der Waals surface area contributed by atoms with Gasteiger partial charge in [0.15, 0.2) is 0 Å². The summed E-state index contributed by atoms with van der Waals surface area (Å²) in [6.45, 7) is 4.79. The van der Waals surface area contributed by atoms with Gasteiger partial charge in [-0.15, -0.1) is 0 Å². The minimum atomic E-state index is -3.43. The van der Waals surface area contributed by atoms with Gasteiger partial charge in [-0.05, 0) is 52.9 Å². The molecule has 106 valence electrons. The van der Waals surface area contributed by atoms with E-state index in [1.54, 1.807) is 13.0 Å². The molecule has 0 aliphatic heterocycles. The molecule has 6 heteroatoms. The summed E-state index contributed by atoms with van der Waals surface area (Å²) in [6.07, 6.45) is 2.44. The molecule has 0 aromatic heterocycles. The van der Waals surface area contributed by atoms with E-state index in [2.05, 4.69) is 26.0 Å². The number of hydrogen-bond donors (Lipinski definition) is 2. The van der Waals surface area contributed by atoms with Crippen LogP contribution in [0.4, 0.5) is 0 Å². The van der Waals surface area contributed by atoms with E-state index in [-0.39, 0.29) is 0 Å². The summed E-state index contributed by atoms with van der Waals surface area (Å²) in [5, 5.41) is 3.40. The van der Waals surface area contributed by atoms with Crippen LogP contribution in [0.3, 0.4) is 0 Å². The van der Waals surface area contributed by atoms with E-state index in [0.29, 0.717) is 28.5 Å². The predicted octanol–water partition coefficient (Wildman–Crippen LogP) is 2.31. The van der Waals surface area contributed by atoms with Gasteiger partial charge in [-0.25, -0.2) is 13.1 Å². The van der Waals surface area contributed by atoms with Crippen molar-refractivity contribution >= 4 is 26.0 Å². The molecule has 0 bridgehead atoms. The normalized spacial score (nSPS) is 15.7. The number of sulfonamides is 1. The number of hydrogen-bond acceptors (Lipinski definition) is 3. The molecule has 0 atom stereocenters. The largest absolute Gasteiger partial charge is 0.310 e. The summed E-state index contributed by atoms with van der Waals surface area (Å²) in [7, 11) is -3.43. The lowest BCUT2D eigenvalue weighted by molar-refractivity contribution is 0.583. The molecule has 0 spiro atoms. The van der Waals surface area contributed by atoms with Gasteiger partial charge >= 0.3 is 0 Å². The van der Waals surface area contributed by atoms with E-state index in [1.807, 2.05) is 13.0 Å². The third kappa shape index (κ3) is 3.78. The standard InChI is InChI=1S/C13H19BrN2O2S/c1-3-16-19(17,18)12-7-10(6-9(2)13(12)14)8-15-11-4-5-11/h6-7,11,15-16H,3-5,8H2,1-2H3. The van der Waals surface area contributed by atoms with Gasteiger partial charge in [0, 0.05) is 23.6 Å². The van der Waals surface area contributed by atoms with Crippen LogP contribution in [0.25, 0.3) is 0 Å². The van der Waals surface area contributed by atoms with E-state index in [4.69, 9.17) is 0 Å². The highest BCUT2D eigenvalue weighted by Gasteiger charge is 2.22. The number of benzene rings is 1. The van der Waals surface area contributed by atoms with Crippen LogP contribution in [0.1, 0.15) is 30.9 Å². The lowest BCUT2D eigenvalue weighted by Crippen LogP contribution is -2.24. The van der Waals surface area contributed by atoms with Crippen LogP contribution in [0.15, 0.2) is 21.5 Å². The lowest BCUT2D eigenvalue weighted by Gasteiger charge is -2.12. The molecule has 1 saturated carbocycles. The average Bonchev–Trinajstić information content (AvgIpc) is 3.14. The Kier molecular flexibility index (Phi) is 4.66. The highest BCUT2D eigenvalue weighted by Crippen LogP contribution is 2.28. The third-order valence-corrected chi connectivity index (χ3v) is 5.96. The van der Waals surface area contributed by atoms with Crippen molar-refractivity contribution in [1.29, 1.82) is 0 Å². The first-order chi connectivity index (χ1) is 8.94. The zero-order valence-electron chi connectivity index (χ0n) is 11.2. The topological polar surface area (TPSA) is 58.2 Å². The molecule has 1 fully saturated rings. The number of nitrogens with one attached hydrogen (secondary N) is 2.